The van der Waals surface area contributed by atoms with Gasteiger partial charge in [-0.15, -0.1) is 0 Å². The van der Waals surface area contributed by atoms with E-state index in [2.05, 4.69) is 0 Å². The van der Waals surface area contributed by atoms with Crippen molar-refractivity contribution in [3.8, 4) is 5.75 Å². The van der Waals surface area contributed by atoms with Crippen molar-refractivity contribution in [3.05, 3.63) is 59.1 Å². The molecular formula is C19H24ClN2O6S+. The van der Waals surface area contributed by atoms with Gasteiger partial charge in [-0.25, -0.2) is 0 Å². The van der Waals surface area contributed by atoms with E-state index < -0.39 is 10.1 Å². The molecule has 3 rings (SSSR count). The van der Waals surface area contributed by atoms with Crippen LogP contribution in [0.1, 0.15) is 5.56 Å². The Kier molecular flexibility index (Phi) is 7.61. The normalized spacial score (nSPS) is 21.1. The molecule has 0 aliphatic carbocycles. The third kappa shape index (κ3) is 6.98. The fourth-order valence-electron chi connectivity index (χ4n) is 2.78. The van der Waals surface area contributed by atoms with Gasteiger partial charge in [0.15, 0.2) is 6.10 Å². The number of halogens is 1. The van der Waals surface area contributed by atoms with Crippen LogP contribution in [0.25, 0.3) is 0 Å². The highest BCUT2D eigenvalue weighted by atomic mass is 35.5. The van der Waals surface area contributed by atoms with E-state index in [1.165, 1.54) is 0 Å². The van der Waals surface area contributed by atoms with Gasteiger partial charge in [0.2, 0.25) is 0 Å². The molecule has 1 heterocycles. The maximum Gasteiger partial charge on any atom is 0.521 e. The highest BCUT2D eigenvalue weighted by Crippen LogP contribution is 2.30. The number of likely N-dealkylation sites (N-methyl/N-ethyl adjacent to an activating group) is 1. The summed E-state index contributed by atoms with van der Waals surface area (Å²) in [5.74, 6) is 0.730. The number of amides is 1. The summed E-state index contributed by atoms with van der Waals surface area (Å²) in [7, 11) is -1.83. The molecule has 0 bridgehead atoms. The van der Waals surface area contributed by atoms with Crippen LogP contribution in [0.4, 0.5) is 10.5 Å². The molecule has 2 aromatic carbocycles. The van der Waals surface area contributed by atoms with Gasteiger partial charge in [0, 0.05) is 23.7 Å². The number of cyclic esters (lactones) is 1. The minimum atomic E-state index is -3.67. The molecule has 1 aliphatic heterocycles. The Bertz CT molecular complexity index is 943. The van der Waals surface area contributed by atoms with Gasteiger partial charge < -0.3 is 15.2 Å². The van der Waals surface area contributed by atoms with Crippen molar-refractivity contribution in [3.63, 3.8) is 0 Å². The molecule has 8 nitrogen and oxygen atoms in total. The fraction of sp³-hybridized carbons (Fsp3) is 0.316. The van der Waals surface area contributed by atoms with E-state index in [9.17, 15) is 13.2 Å². The molecule has 1 aliphatic rings. The molecule has 158 valence electrons. The number of carbonyl (C=O) groups excluding carboxylic acids is 1. The number of benzene rings is 2. The first-order chi connectivity index (χ1) is 13.5. The number of rotatable bonds is 5. The van der Waals surface area contributed by atoms with Crippen molar-refractivity contribution >= 4 is 33.5 Å². The molecule has 0 saturated carbocycles. The summed E-state index contributed by atoms with van der Waals surface area (Å²) < 4.78 is 37.0. The molecule has 1 amide bonds. The smallest absolute Gasteiger partial charge is 0.489 e. The molecule has 3 N–H and O–H groups in total. The monoisotopic (exact) mass is 443 g/mol. The molecule has 0 spiro atoms. The second-order valence-corrected chi connectivity index (χ2v) is 8.66. The summed E-state index contributed by atoms with van der Waals surface area (Å²) in [6.07, 6.45) is 0.201. The molecule has 0 aromatic heterocycles. The summed E-state index contributed by atoms with van der Waals surface area (Å²) in [5, 5.41) is 0.686. The second kappa shape index (κ2) is 9.55. The molecule has 10 heteroatoms. The van der Waals surface area contributed by atoms with Crippen LogP contribution in [0.3, 0.4) is 0 Å². The molecule has 1 fully saturated rings. The lowest BCUT2D eigenvalue weighted by molar-refractivity contribution is 0.137. The molecular weight excluding hydrogens is 420 g/mol. The third-order valence-corrected chi connectivity index (χ3v) is 4.44. The van der Waals surface area contributed by atoms with Gasteiger partial charge in [0.25, 0.3) is 10.1 Å². The maximum absolute atomic E-state index is 12.1. The Morgan fingerprint density at radius 1 is 1.28 bits per heavy atom. The SMILES string of the molecule is CS(=O)(=O)O.C[N+]1(c2ccc(OCc3cccc(Cl)c3)cc2)CC(CN)OC1=O. The molecule has 1 saturated heterocycles. The molecule has 2 unspecified atom stereocenters. The zero-order chi connectivity index (χ0) is 21.7. The van der Waals surface area contributed by atoms with Crippen molar-refractivity contribution in [2.75, 3.05) is 26.4 Å². The Balaban J connectivity index is 0.000000537. The highest BCUT2D eigenvalue weighted by Gasteiger charge is 2.47. The molecule has 29 heavy (non-hydrogen) atoms. The summed E-state index contributed by atoms with van der Waals surface area (Å²) >= 11 is 5.96. The van der Waals surface area contributed by atoms with Gasteiger partial charge in [0.1, 0.15) is 24.6 Å². The number of carbonyl (C=O) groups is 1. The lowest BCUT2D eigenvalue weighted by Gasteiger charge is -2.22. The van der Waals surface area contributed by atoms with Crippen LogP contribution in [0.15, 0.2) is 48.5 Å². The van der Waals surface area contributed by atoms with E-state index in [0.29, 0.717) is 31.0 Å². The van der Waals surface area contributed by atoms with Gasteiger partial charge in [-0.05, 0) is 29.8 Å². The van der Waals surface area contributed by atoms with E-state index in [1.54, 1.807) is 0 Å². The minimum Gasteiger partial charge on any atom is -0.489 e. The molecule has 2 aromatic rings. The van der Waals surface area contributed by atoms with Crippen LogP contribution in [0, 0.1) is 0 Å². The predicted octanol–water partition coefficient (Wildman–Crippen LogP) is 2.84. The Hall–Kier alpha value is -2.17. The first-order valence-corrected chi connectivity index (χ1v) is 10.9. The van der Waals surface area contributed by atoms with Crippen molar-refractivity contribution in [1.82, 2.24) is 4.48 Å². The van der Waals surface area contributed by atoms with E-state index in [1.807, 2.05) is 55.6 Å². The number of ether oxygens (including phenoxy) is 2. The maximum atomic E-state index is 12.1. The Labute approximate surface area is 175 Å². The number of hydrogen-bond donors (Lipinski definition) is 2. The fourth-order valence-corrected chi connectivity index (χ4v) is 2.99. The summed E-state index contributed by atoms with van der Waals surface area (Å²) in [6, 6.07) is 15.0. The van der Waals surface area contributed by atoms with Crippen molar-refractivity contribution in [1.29, 1.82) is 0 Å². The lowest BCUT2D eigenvalue weighted by Crippen LogP contribution is -2.46. The summed E-state index contributed by atoms with van der Waals surface area (Å²) in [4.78, 5) is 12.1. The van der Waals surface area contributed by atoms with Gasteiger partial charge in [-0.2, -0.15) is 17.7 Å². The Morgan fingerprint density at radius 3 is 2.41 bits per heavy atom. The van der Waals surface area contributed by atoms with Crippen LogP contribution in [-0.4, -0.2) is 51.6 Å². The Morgan fingerprint density at radius 2 is 1.90 bits per heavy atom. The summed E-state index contributed by atoms with van der Waals surface area (Å²) in [6.45, 7) is 1.31. The van der Waals surface area contributed by atoms with E-state index >= 15 is 0 Å². The topological polar surface area (TPSA) is 116 Å². The van der Waals surface area contributed by atoms with Crippen LogP contribution in [-0.2, 0) is 21.5 Å². The van der Waals surface area contributed by atoms with Gasteiger partial charge in [0.05, 0.1) is 13.3 Å². The molecule has 2 atom stereocenters. The van der Waals surface area contributed by atoms with E-state index in [-0.39, 0.29) is 16.7 Å². The first kappa shape index (κ1) is 23.1. The lowest BCUT2D eigenvalue weighted by atomic mass is 10.2. The van der Waals surface area contributed by atoms with Crippen LogP contribution >= 0.6 is 11.6 Å². The zero-order valence-corrected chi connectivity index (χ0v) is 17.7. The highest BCUT2D eigenvalue weighted by molar-refractivity contribution is 7.85. The average Bonchev–Trinajstić information content (AvgIpc) is 2.94. The van der Waals surface area contributed by atoms with Gasteiger partial charge in [-0.3, -0.25) is 4.55 Å². The number of quaternary nitrogens is 1. The first-order valence-electron chi connectivity index (χ1n) is 8.68. The number of hydrogen-bond acceptors (Lipinski definition) is 6. The standard InChI is InChI=1S/C18H20ClN2O3.CH4O3S/c1-21(11-17(10-20)24-18(21)22)15-5-7-16(8-6-15)23-12-13-3-2-4-14(19)9-13;1-5(2,3)4/h2-9,17H,10-12,20H2,1H3;1H3,(H,2,3,4)/q+1;. The van der Waals surface area contributed by atoms with E-state index in [4.69, 9.17) is 31.4 Å². The van der Waals surface area contributed by atoms with Gasteiger partial charge >= 0.3 is 6.09 Å². The second-order valence-electron chi connectivity index (χ2n) is 6.76. The average molecular weight is 444 g/mol. The van der Waals surface area contributed by atoms with Gasteiger partial charge in [-0.1, -0.05) is 23.7 Å². The summed E-state index contributed by atoms with van der Waals surface area (Å²) in [5.41, 5.74) is 7.46. The van der Waals surface area contributed by atoms with Crippen molar-refractivity contribution in [2.45, 2.75) is 12.7 Å². The molecule has 0 radical (unpaired) electrons. The minimum absolute atomic E-state index is 0.0937. The largest absolute Gasteiger partial charge is 0.521 e. The van der Waals surface area contributed by atoms with Crippen molar-refractivity contribution in [2.24, 2.45) is 5.73 Å². The predicted molar refractivity (Wildman–Crippen MR) is 112 cm³/mol. The third-order valence-electron chi connectivity index (χ3n) is 4.20. The van der Waals surface area contributed by atoms with E-state index in [0.717, 1.165) is 17.0 Å². The zero-order valence-electron chi connectivity index (χ0n) is 16.1. The van der Waals surface area contributed by atoms with Crippen LogP contribution < -0.4 is 15.0 Å². The number of nitrogens with zero attached hydrogens (tertiary/aromatic N) is 1. The van der Waals surface area contributed by atoms with Crippen molar-refractivity contribution < 1.29 is 27.2 Å². The number of nitrogens with two attached hydrogens (primary N) is 1. The van der Waals surface area contributed by atoms with Crippen LogP contribution in [0.2, 0.25) is 5.02 Å². The van der Waals surface area contributed by atoms with Crippen LogP contribution in [0.5, 0.6) is 5.75 Å². The quantitative estimate of drug-likeness (QED) is 0.539.